The normalized spacial score (nSPS) is 15.9. The number of carbonyl (C=O) groups excluding carboxylic acids is 3. The highest BCUT2D eigenvalue weighted by Crippen LogP contribution is 2.38. The first kappa shape index (κ1) is 67.0. The number of esters is 1. The Kier molecular flexibility index (Phi) is 24.4. The lowest BCUT2D eigenvalue weighted by atomic mass is 9.90. The van der Waals surface area contributed by atoms with E-state index in [1.54, 1.807) is 59.1 Å². The van der Waals surface area contributed by atoms with Gasteiger partial charge in [-0.05, 0) is 127 Å². The summed E-state index contributed by atoms with van der Waals surface area (Å²) in [5.41, 5.74) is 0.722. The average molecular weight is 1240 g/mol. The van der Waals surface area contributed by atoms with Crippen LogP contribution in [0.5, 0.6) is 11.6 Å². The molecule has 86 heavy (non-hydrogen) atoms. The van der Waals surface area contributed by atoms with Crippen LogP contribution in [0.1, 0.15) is 98.7 Å². The SMILES string of the molecule is Cc1nn(C)cc1S(=O)(=O)NC(=O)c1ccc(-n2ccc(OCCOCCOCCOCCOCCOCCOCCOc3ccc(C4CCN(S(=O)(=O)c5ccc(C(=O)NCC(=O)OC(C)(C)C)cc5)CC4)cc3)n2)nc1N1C[C@@H](C)CC1(C)C. The molecule has 7 rings (SSSR count). The van der Waals surface area contributed by atoms with E-state index in [4.69, 9.17) is 47.6 Å². The summed E-state index contributed by atoms with van der Waals surface area (Å²) in [5, 5.41) is 11.1. The monoisotopic (exact) mass is 1240 g/mol. The number of pyridine rings is 1. The zero-order valence-electron chi connectivity index (χ0n) is 50.5. The number of anilines is 1. The fraction of sp³-hybridized carbons (Fsp3) is 0.559. The Labute approximate surface area is 504 Å². The molecule has 2 fully saturated rings. The molecule has 0 saturated carbocycles. The first-order chi connectivity index (χ1) is 41.0. The molecule has 1 atom stereocenters. The molecule has 25 nitrogen and oxygen atoms in total. The van der Waals surface area contributed by atoms with E-state index in [9.17, 15) is 31.2 Å². The molecular formula is C59H83N9O16S2. The molecule has 5 heterocycles. The predicted octanol–water partition coefficient (Wildman–Crippen LogP) is 5.25. The van der Waals surface area contributed by atoms with Crippen LogP contribution in [0, 0.1) is 12.8 Å². The maximum atomic E-state index is 13.7. The second-order valence-electron chi connectivity index (χ2n) is 22.5. The van der Waals surface area contributed by atoms with Crippen molar-refractivity contribution < 1.29 is 73.9 Å². The van der Waals surface area contributed by atoms with E-state index >= 15 is 0 Å². The lowest BCUT2D eigenvalue weighted by molar-refractivity contribution is -0.153. The van der Waals surface area contributed by atoms with Crippen LogP contribution in [0.15, 0.2) is 88.9 Å². The number of nitrogens with one attached hydrogen (secondary N) is 2. The summed E-state index contributed by atoms with van der Waals surface area (Å²) in [4.78, 5) is 45.1. The minimum absolute atomic E-state index is 0.0797. The van der Waals surface area contributed by atoms with E-state index in [1.165, 1.54) is 44.1 Å². The summed E-state index contributed by atoms with van der Waals surface area (Å²) in [5.74, 6) is 0.490. The first-order valence-electron chi connectivity index (χ1n) is 28.8. The van der Waals surface area contributed by atoms with Crippen LogP contribution in [-0.4, -0.2) is 193 Å². The Balaban J connectivity index is 0.659. The Morgan fingerprint density at radius 3 is 1.78 bits per heavy atom. The van der Waals surface area contributed by atoms with Crippen molar-refractivity contribution in [1.82, 2.24) is 38.9 Å². The van der Waals surface area contributed by atoms with E-state index in [0.29, 0.717) is 148 Å². The van der Waals surface area contributed by atoms with Crippen molar-refractivity contribution in [2.24, 2.45) is 13.0 Å². The highest BCUT2D eigenvalue weighted by Gasteiger charge is 2.40. The van der Waals surface area contributed by atoms with Gasteiger partial charge in [-0.1, -0.05) is 19.1 Å². The molecule has 472 valence electrons. The number of benzene rings is 2. The van der Waals surface area contributed by atoms with Crippen molar-refractivity contribution in [3.63, 3.8) is 0 Å². The number of aryl methyl sites for hydroxylation is 2. The third-order valence-corrected chi connectivity index (χ3v) is 17.3. The van der Waals surface area contributed by atoms with Gasteiger partial charge in [-0.15, -0.1) is 5.10 Å². The summed E-state index contributed by atoms with van der Waals surface area (Å²) in [6.45, 7) is 19.5. The summed E-state index contributed by atoms with van der Waals surface area (Å²) in [6.07, 6.45) is 5.23. The van der Waals surface area contributed by atoms with Gasteiger partial charge in [0.05, 0.1) is 95.4 Å². The van der Waals surface area contributed by atoms with Crippen LogP contribution in [0.4, 0.5) is 5.82 Å². The van der Waals surface area contributed by atoms with Gasteiger partial charge in [0.25, 0.3) is 21.8 Å². The number of amides is 2. The largest absolute Gasteiger partial charge is 0.491 e. The summed E-state index contributed by atoms with van der Waals surface area (Å²) in [6, 6.07) is 18.4. The third-order valence-electron chi connectivity index (χ3n) is 13.9. The molecule has 5 aromatic rings. The maximum Gasteiger partial charge on any atom is 0.325 e. The summed E-state index contributed by atoms with van der Waals surface area (Å²) >= 11 is 0. The van der Waals surface area contributed by atoms with Crippen molar-refractivity contribution in [3.05, 3.63) is 102 Å². The molecule has 2 aliphatic heterocycles. The van der Waals surface area contributed by atoms with Gasteiger partial charge in [-0.3, -0.25) is 19.1 Å². The number of hydrogen-bond acceptors (Lipinski definition) is 20. The lowest BCUT2D eigenvalue weighted by Crippen LogP contribution is -2.41. The molecule has 2 aliphatic rings. The zero-order valence-corrected chi connectivity index (χ0v) is 52.1. The van der Waals surface area contributed by atoms with E-state index in [1.807, 2.05) is 29.2 Å². The van der Waals surface area contributed by atoms with E-state index in [0.717, 1.165) is 12.0 Å². The van der Waals surface area contributed by atoms with Gasteiger partial charge in [0.2, 0.25) is 15.9 Å². The molecule has 0 radical (unpaired) electrons. The number of piperidine rings is 1. The molecule has 0 bridgehead atoms. The van der Waals surface area contributed by atoms with E-state index < -0.39 is 43.4 Å². The Hall–Kier alpha value is -6.56. The van der Waals surface area contributed by atoms with Crippen LogP contribution in [-0.2, 0) is 65.0 Å². The number of aromatic nitrogens is 5. The minimum atomic E-state index is -4.21. The Morgan fingerprint density at radius 2 is 1.26 bits per heavy atom. The van der Waals surface area contributed by atoms with Crippen LogP contribution < -0.4 is 24.4 Å². The zero-order chi connectivity index (χ0) is 61.9. The number of sulfonamides is 2. The number of nitrogens with zero attached hydrogens (tertiary/aromatic N) is 7. The number of ether oxygens (including phenoxy) is 9. The maximum absolute atomic E-state index is 13.7. The fourth-order valence-corrected chi connectivity index (χ4v) is 12.6. The minimum Gasteiger partial charge on any atom is -0.491 e. The third kappa shape index (κ3) is 20.0. The molecule has 2 amide bonds. The van der Waals surface area contributed by atoms with Gasteiger partial charge in [0, 0.05) is 56.2 Å². The highest BCUT2D eigenvalue weighted by atomic mass is 32.2. The summed E-state index contributed by atoms with van der Waals surface area (Å²) < 4.78 is 110. The second-order valence-corrected chi connectivity index (χ2v) is 26.1. The Morgan fingerprint density at radius 1 is 0.698 bits per heavy atom. The van der Waals surface area contributed by atoms with E-state index in [2.05, 4.69) is 41.0 Å². The molecule has 2 aromatic carbocycles. The highest BCUT2D eigenvalue weighted by molar-refractivity contribution is 7.90. The van der Waals surface area contributed by atoms with Crippen LogP contribution >= 0.6 is 0 Å². The number of rotatable bonds is 34. The van der Waals surface area contributed by atoms with Crippen LogP contribution in [0.25, 0.3) is 5.82 Å². The molecular weight excluding hydrogens is 1150 g/mol. The lowest BCUT2D eigenvalue weighted by Gasteiger charge is -2.34. The topological polar surface area (TPSA) is 282 Å². The van der Waals surface area contributed by atoms with Gasteiger partial charge < -0.3 is 52.8 Å². The van der Waals surface area contributed by atoms with Crippen molar-refractivity contribution >= 4 is 43.6 Å². The van der Waals surface area contributed by atoms with Crippen LogP contribution in [0.3, 0.4) is 0 Å². The van der Waals surface area contributed by atoms with Crippen molar-refractivity contribution in [2.45, 2.75) is 94.6 Å². The quantitative estimate of drug-likeness (QED) is 0.0393. The van der Waals surface area contributed by atoms with Gasteiger partial charge in [-0.25, -0.2) is 31.2 Å². The van der Waals surface area contributed by atoms with Gasteiger partial charge in [0.1, 0.15) is 41.8 Å². The van der Waals surface area contributed by atoms with Crippen molar-refractivity contribution in [3.8, 4) is 17.4 Å². The summed E-state index contributed by atoms with van der Waals surface area (Å²) in [7, 11) is -6.35. The van der Waals surface area contributed by atoms with E-state index in [-0.39, 0.29) is 51.2 Å². The molecule has 3 aromatic heterocycles. The van der Waals surface area contributed by atoms with Crippen molar-refractivity contribution in [1.29, 1.82) is 0 Å². The van der Waals surface area contributed by atoms with Gasteiger partial charge in [-0.2, -0.15) is 9.40 Å². The fourth-order valence-electron chi connectivity index (χ4n) is 9.94. The predicted molar refractivity (Wildman–Crippen MR) is 317 cm³/mol. The molecule has 0 aliphatic carbocycles. The number of carbonyl (C=O) groups is 3. The molecule has 27 heteroatoms. The molecule has 2 N–H and O–H groups in total. The second kappa shape index (κ2) is 31.4. The van der Waals surface area contributed by atoms with Gasteiger partial charge in [0.15, 0.2) is 5.82 Å². The van der Waals surface area contributed by atoms with Gasteiger partial charge >= 0.3 is 5.97 Å². The first-order valence-corrected chi connectivity index (χ1v) is 31.8. The average Bonchev–Trinajstić information content (AvgIpc) is 1.57. The molecule has 0 unspecified atom stereocenters. The molecule has 2 saturated heterocycles. The molecule has 0 spiro atoms. The standard InChI is InChI=1S/C59H83N9O16S2/c1-43-39-59(6,7)67(41-43)55-50(57(71)64-85(72,73)51-42-65(8)62-44(51)2)17-18-52(61-55)68-24-21-53(63-68)83-38-36-81-34-32-79-30-28-77-26-25-76-27-29-78-31-33-80-35-37-82-48-13-9-45(10-14-48)46-19-22-66(23-20-46)86(74,75)49-15-11-47(12-16-49)56(70)60-40-54(69)84-58(3,4)5/h9-18,21,24,42-43,46H,19-20,22-23,25-41H2,1-8H3,(H,60,70)(H,64,71)/t43-/m0/s1. The van der Waals surface area contributed by atoms with Crippen LogP contribution in [0.2, 0.25) is 0 Å². The Bertz CT molecular complexity index is 3220. The van der Waals surface area contributed by atoms with Crippen molar-refractivity contribution in [2.75, 3.05) is 124 Å². The smallest absolute Gasteiger partial charge is 0.325 e. The number of hydrogen-bond donors (Lipinski definition) is 2.